The van der Waals surface area contributed by atoms with Crippen LogP contribution in [0.5, 0.6) is 0 Å². The van der Waals surface area contributed by atoms with Crippen LogP contribution in [0.2, 0.25) is 10.3 Å². The molecule has 5 nitrogen and oxygen atoms in total. The van der Waals surface area contributed by atoms with E-state index in [-0.39, 0.29) is 27.9 Å². The van der Waals surface area contributed by atoms with Crippen molar-refractivity contribution in [2.75, 3.05) is 13.2 Å². The van der Waals surface area contributed by atoms with Gasteiger partial charge in [0.1, 0.15) is 0 Å². The standard InChI is InChI=1S/C12H15Cl2N3O2/c13-10-7-9(11(14)17-16-10)12(18)15-5-4-8-3-1-2-6-19-8/h7-8H,1-6H2,(H,15,18). The van der Waals surface area contributed by atoms with Crippen molar-refractivity contribution in [1.82, 2.24) is 15.5 Å². The number of halogens is 2. The van der Waals surface area contributed by atoms with Gasteiger partial charge in [0, 0.05) is 13.2 Å². The number of nitrogens with one attached hydrogen (secondary N) is 1. The Morgan fingerprint density at radius 2 is 2.26 bits per heavy atom. The molecule has 19 heavy (non-hydrogen) atoms. The first-order valence-corrected chi connectivity index (χ1v) is 7.01. The maximum absolute atomic E-state index is 11.9. The lowest BCUT2D eigenvalue weighted by Crippen LogP contribution is -2.29. The van der Waals surface area contributed by atoms with Crippen molar-refractivity contribution in [3.63, 3.8) is 0 Å². The molecular formula is C12H15Cl2N3O2. The molecule has 7 heteroatoms. The summed E-state index contributed by atoms with van der Waals surface area (Å²) >= 11 is 11.5. The second-order valence-electron chi connectivity index (χ2n) is 4.40. The molecule has 1 aromatic rings. The first kappa shape index (κ1) is 14.5. The molecule has 0 radical (unpaired) electrons. The molecular weight excluding hydrogens is 289 g/mol. The Kier molecular flexibility index (Phi) is 5.36. The Bertz CT molecular complexity index is 451. The number of rotatable bonds is 4. The molecule has 1 aliphatic rings. The molecule has 104 valence electrons. The van der Waals surface area contributed by atoms with Gasteiger partial charge in [-0.05, 0) is 31.7 Å². The molecule has 1 aliphatic heterocycles. The fourth-order valence-electron chi connectivity index (χ4n) is 1.99. The van der Waals surface area contributed by atoms with E-state index >= 15 is 0 Å². The number of ether oxygens (including phenoxy) is 1. The van der Waals surface area contributed by atoms with Crippen molar-refractivity contribution >= 4 is 29.1 Å². The van der Waals surface area contributed by atoms with E-state index < -0.39 is 0 Å². The van der Waals surface area contributed by atoms with Crippen LogP contribution in [0.25, 0.3) is 0 Å². The van der Waals surface area contributed by atoms with Gasteiger partial charge in [0.25, 0.3) is 5.91 Å². The fraction of sp³-hybridized carbons (Fsp3) is 0.583. The third-order valence-electron chi connectivity index (χ3n) is 2.99. The molecule has 0 bridgehead atoms. The highest BCUT2D eigenvalue weighted by Gasteiger charge is 2.16. The van der Waals surface area contributed by atoms with E-state index in [4.69, 9.17) is 27.9 Å². The second kappa shape index (κ2) is 7.03. The van der Waals surface area contributed by atoms with Crippen LogP contribution < -0.4 is 5.32 Å². The average Bonchev–Trinajstić information content (AvgIpc) is 2.42. The van der Waals surface area contributed by atoms with Gasteiger partial charge < -0.3 is 10.1 Å². The summed E-state index contributed by atoms with van der Waals surface area (Å²) in [7, 11) is 0. The Labute approximate surface area is 121 Å². The van der Waals surface area contributed by atoms with Gasteiger partial charge in [0.2, 0.25) is 0 Å². The van der Waals surface area contributed by atoms with Crippen molar-refractivity contribution in [3.8, 4) is 0 Å². The zero-order chi connectivity index (χ0) is 13.7. The van der Waals surface area contributed by atoms with Crippen LogP contribution in [0.15, 0.2) is 6.07 Å². The molecule has 0 saturated carbocycles. The summed E-state index contributed by atoms with van der Waals surface area (Å²) in [6.07, 6.45) is 4.41. The van der Waals surface area contributed by atoms with E-state index in [2.05, 4.69) is 15.5 Å². The van der Waals surface area contributed by atoms with Crippen LogP contribution in [-0.4, -0.2) is 35.4 Å². The third kappa shape index (κ3) is 4.30. The third-order valence-corrected chi connectivity index (χ3v) is 3.45. The van der Waals surface area contributed by atoms with Crippen LogP contribution in [0.3, 0.4) is 0 Å². The highest BCUT2D eigenvalue weighted by atomic mass is 35.5. The maximum atomic E-state index is 11.9. The van der Waals surface area contributed by atoms with E-state index in [1.165, 1.54) is 12.5 Å². The molecule has 0 aromatic carbocycles. The highest BCUT2D eigenvalue weighted by molar-refractivity contribution is 6.34. The number of aromatic nitrogens is 2. The normalized spacial score (nSPS) is 19.2. The first-order valence-electron chi connectivity index (χ1n) is 6.25. The van der Waals surface area contributed by atoms with Crippen LogP contribution >= 0.6 is 23.2 Å². The summed E-state index contributed by atoms with van der Waals surface area (Å²) in [5, 5.41) is 10.1. The SMILES string of the molecule is O=C(NCCC1CCCCO1)c1cc(Cl)nnc1Cl. The Balaban J connectivity index is 1.82. The molecule has 1 aromatic heterocycles. The number of carbonyl (C=O) groups is 1. The van der Waals surface area contributed by atoms with Crippen LogP contribution in [0.4, 0.5) is 0 Å². The predicted molar refractivity (Wildman–Crippen MR) is 72.6 cm³/mol. The molecule has 2 heterocycles. The first-order chi connectivity index (χ1) is 9.16. The Morgan fingerprint density at radius 3 is 3.00 bits per heavy atom. The molecule has 1 atom stereocenters. The van der Waals surface area contributed by atoms with Gasteiger partial charge in [-0.25, -0.2) is 0 Å². The molecule has 1 fully saturated rings. The zero-order valence-electron chi connectivity index (χ0n) is 10.4. The minimum Gasteiger partial charge on any atom is -0.378 e. The van der Waals surface area contributed by atoms with Crippen molar-refractivity contribution in [2.45, 2.75) is 31.8 Å². The van der Waals surface area contributed by atoms with E-state index in [1.807, 2.05) is 0 Å². The molecule has 0 spiro atoms. The molecule has 2 rings (SSSR count). The summed E-state index contributed by atoms with van der Waals surface area (Å²) in [5.41, 5.74) is 0.242. The minimum atomic E-state index is -0.294. The van der Waals surface area contributed by atoms with Gasteiger partial charge in [-0.15, -0.1) is 10.2 Å². The van der Waals surface area contributed by atoms with Gasteiger partial charge in [-0.3, -0.25) is 4.79 Å². The van der Waals surface area contributed by atoms with Crippen molar-refractivity contribution in [2.24, 2.45) is 0 Å². The lowest BCUT2D eigenvalue weighted by molar-refractivity contribution is 0.0117. The highest BCUT2D eigenvalue weighted by Crippen LogP contribution is 2.16. The zero-order valence-corrected chi connectivity index (χ0v) is 11.9. The lowest BCUT2D eigenvalue weighted by atomic mass is 10.1. The summed E-state index contributed by atoms with van der Waals surface area (Å²) in [6, 6.07) is 1.41. The summed E-state index contributed by atoms with van der Waals surface area (Å²) in [6.45, 7) is 1.36. The fourth-order valence-corrected chi connectivity index (χ4v) is 2.31. The van der Waals surface area contributed by atoms with E-state index in [0.29, 0.717) is 6.54 Å². The topological polar surface area (TPSA) is 64.1 Å². The number of carbonyl (C=O) groups excluding carboxylic acids is 1. The predicted octanol–water partition coefficient (Wildman–Crippen LogP) is 2.47. The smallest absolute Gasteiger partial charge is 0.254 e. The van der Waals surface area contributed by atoms with Crippen molar-refractivity contribution in [3.05, 3.63) is 21.9 Å². The molecule has 1 N–H and O–H groups in total. The lowest BCUT2D eigenvalue weighted by Gasteiger charge is -2.22. The summed E-state index contributed by atoms with van der Waals surface area (Å²) in [5.74, 6) is -0.294. The van der Waals surface area contributed by atoms with Gasteiger partial charge in [-0.1, -0.05) is 23.2 Å². The Hall–Kier alpha value is -0.910. The van der Waals surface area contributed by atoms with Gasteiger partial charge in [-0.2, -0.15) is 0 Å². The summed E-state index contributed by atoms with van der Waals surface area (Å²) in [4.78, 5) is 11.9. The van der Waals surface area contributed by atoms with E-state index in [9.17, 15) is 4.79 Å². The van der Waals surface area contributed by atoms with Crippen LogP contribution in [0.1, 0.15) is 36.0 Å². The second-order valence-corrected chi connectivity index (χ2v) is 5.15. The van der Waals surface area contributed by atoms with Gasteiger partial charge in [0.15, 0.2) is 10.3 Å². The number of hydrogen-bond donors (Lipinski definition) is 1. The van der Waals surface area contributed by atoms with Crippen molar-refractivity contribution in [1.29, 1.82) is 0 Å². The van der Waals surface area contributed by atoms with E-state index in [1.54, 1.807) is 0 Å². The van der Waals surface area contributed by atoms with Gasteiger partial charge >= 0.3 is 0 Å². The largest absolute Gasteiger partial charge is 0.378 e. The molecule has 1 unspecified atom stereocenters. The monoisotopic (exact) mass is 303 g/mol. The van der Waals surface area contributed by atoms with Crippen molar-refractivity contribution < 1.29 is 9.53 Å². The van der Waals surface area contributed by atoms with Gasteiger partial charge in [0.05, 0.1) is 11.7 Å². The maximum Gasteiger partial charge on any atom is 0.254 e. The molecule has 1 saturated heterocycles. The number of nitrogens with zero attached hydrogens (tertiary/aromatic N) is 2. The number of amides is 1. The quantitative estimate of drug-likeness (QED) is 0.928. The Morgan fingerprint density at radius 1 is 1.42 bits per heavy atom. The minimum absolute atomic E-state index is 0.0517. The van der Waals surface area contributed by atoms with Crippen LogP contribution in [0, 0.1) is 0 Å². The van der Waals surface area contributed by atoms with Crippen LogP contribution in [-0.2, 0) is 4.74 Å². The molecule has 0 aliphatic carbocycles. The average molecular weight is 304 g/mol. The number of hydrogen-bond acceptors (Lipinski definition) is 4. The molecule has 1 amide bonds. The summed E-state index contributed by atoms with van der Waals surface area (Å²) < 4.78 is 5.59. The van der Waals surface area contributed by atoms with E-state index in [0.717, 1.165) is 25.9 Å².